The van der Waals surface area contributed by atoms with Crippen LogP contribution in [-0.2, 0) is 11.3 Å². The molecule has 2 saturated heterocycles. The minimum absolute atomic E-state index is 0.215. The minimum Gasteiger partial charge on any atom is -0.444 e. The number of aliphatic imine (C=N–C) groups is 1. The van der Waals surface area contributed by atoms with Gasteiger partial charge in [0.1, 0.15) is 11.4 Å². The molecular weight excluding hydrogens is 392 g/mol. The van der Waals surface area contributed by atoms with Gasteiger partial charge >= 0.3 is 6.09 Å². The van der Waals surface area contributed by atoms with Crippen molar-refractivity contribution in [2.24, 2.45) is 4.99 Å². The Bertz CT molecular complexity index is 780. The summed E-state index contributed by atoms with van der Waals surface area (Å²) in [6.45, 7) is 11.4. The highest BCUT2D eigenvalue weighted by molar-refractivity contribution is 5.82. The molecule has 170 valence electrons. The van der Waals surface area contributed by atoms with Crippen LogP contribution in [0.4, 0.5) is 10.6 Å². The maximum absolute atomic E-state index is 12.4. The first-order chi connectivity index (χ1) is 14.9. The van der Waals surface area contributed by atoms with Gasteiger partial charge in [0.25, 0.3) is 0 Å². The van der Waals surface area contributed by atoms with Crippen LogP contribution < -0.4 is 10.2 Å². The molecule has 1 unspecified atom stereocenters. The van der Waals surface area contributed by atoms with E-state index in [-0.39, 0.29) is 12.1 Å². The first-order valence-corrected chi connectivity index (χ1v) is 11.6. The quantitative estimate of drug-likeness (QED) is 0.798. The lowest BCUT2D eigenvalue weighted by Crippen LogP contribution is -2.57. The Labute approximate surface area is 185 Å². The molecule has 8 nitrogen and oxygen atoms in total. The Balaban J connectivity index is 1.26. The van der Waals surface area contributed by atoms with Crippen molar-refractivity contribution in [1.82, 2.24) is 20.1 Å². The lowest BCUT2D eigenvalue weighted by Gasteiger charge is -2.39. The average molecular weight is 429 g/mol. The van der Waals surface area contributed by atoms with E-state index in [9.17, 15) is 4.79 Å². The summed E-state index contributed by atoms with van der Waals surface area (Å²) in [6.07, 6.45) is 6.91. The summed E-state index contributed by atoms with van der Waals surface area (Å²) in [7, 11) is 0. The predicted molar refractivity (Wildman–Crippen MR) is 122 cm³/mol. The average Bonchev–Trinajstić information content (AvgIpc) is 2.94. The van der Waals surface area contributed by atoms with Crippen molar-refractivity contribution in [3.63, 3.8) is 0 Å². The van der Waals surface area contributed by atoms with E-state index in [1.807, 2.05) is 27.0 Å². The Morgan fingerprint density at radius 2 is 1.90 bits per heavy atom. The van der Waals surface area contributed by atoms with Gasteiger partial charge in [-0.3, -0.25) is 4.99 Å². The Hall–Kier alpha value is -2.51. The molecule has 0 spiro atoms. The normalized spacial score (nSPS) is 22.0. The number of hydrogen-bond donors (Lipinski definition) is 1. The van der Waals surface area contributed by atoms with Crippen molar-refractivity contribution < 1.29 is 9.53 Å². The number of nitrogens with one attached hydrogen (secondary N) is 1. The minimum atomic E-state index is -0.468. The van der Waals surface area contributed by atoms with Crippen molar-refractivity contribution in [3.8, 4) is 0 Å². The van der Waals surface area contributed by atoms with Crippen LogP contribution in [0.15, 0.2) is 23.3 Å². The number of piperazine rings is 1. The maximum Gasteiger partial charge on any atom is 0.410 e. The summed E-state index contributed by atoms with van der Waals surface area (Å²) in [5.74, 6) is 2.01. The van der Waals surface area contributed by atoms with E-state index in [1.54, 1.807) is 4.90 Å². The van der Waals surface area contributed by atoms with Gasteiger partial charge in [-0.05, 0) is 45.2 Å². The first kappa shape index (κ1) is 21.7. The summed E-state index contributed by atoms with van der Waals surface area (Å²) in [5.41, 5.74) is 0.682. The van der Waals surface area contributed by atoms with Crippen molar-refractivity contribution in [3.05, 3.63) is 23.9 Å². The zero-order chi connectivity index (χ0) is 21.8. The smallest absolute Gasteiger partial charge is 0.410 e. The van der Waals surface area contributed by atoms with E-state index < -0.39 is 5.60 Å². The third-order valence-corrected chi connectivity index (χ3v) is 6.05. The first-order valence-electron chi connectivity index (χ1n) is 11.6. The second-order valence-electron chi connectivity index (χ2n) is 9.72. The van der Waals surface area contributed by atoms with Gasteiger partial charge in [-0.2, -0.15) is 0 Å². The number of aromatic nitrogens is 1. The van der Waals surface area contributed by atoms with Crippen LogP contribution in [0, 0.1) is 0 Å². The fourth-order valence-corrected chi connectivity index (χ4v) is 4.41. The number of nitrogens with zero attached hydrogens (tertiary/aromatic N) is 5. The maximum atomic E-state index is 12.4. The third-order valence-electron chi connectivity index (χ3n) is 6.05. The van der Waals surface area contributed by atoms with Gasteiger partial charge in [0.05, 0.1) is 12.6 Å². The summed E-state index contributed by atoms with van der Waals surface area (Å²) in [4.78, 5) is 28.3. The van der Waals surface area contributed by atoms with Crippen LogP contribution >= 0.6 is 0 Å². The standard InChI is InChI=1S/C23H36N6O2/c1-23(2,3)31-22(30)28-12-13-29-19(17-28)16-26-21(29)25-15-18-8-9-20(24-14-18)27-10-6-4-5-7-11-27/h8-9,14,19H,4-7,10-13,15-17H2,1-3H3,(H,25,26). The van der Waals surface area contributed by atoms with Gasteiger partial charge in [0.15, 0.2) is 5.96 Å². The number of pyridine rings is 1. The number of amides is 1. The zero-order valence-electron chi connectivity index (χ0n) is 19.1. The molecule has 0 saturated carbocycles. The van der Waals surface area contributed by atoms with Gasteiger partial charge in [-0.1, -0.05) is 18.9 Å². The monoisotopic (exact) mass is 428 g/mol. The summed E-state index contributed by atoms with van der Waals surface area (Å²) in [5, 5.41) is 3.48. The molecule has 0 aromatic carbocycles. The Kier molecular flexibility index (Phi) is 6.53. The van der Waals surface area contributed by atoms with E-state index in [2.05, 4.69) is 32.2 Å². The summed E-state index contributed by atoms with van der Waals surface area (Å²) >= 11 is 0. The lowest BCUT2D eigenvalue weighted by molar-refractivity contribution is 0.0137. The third kappa shape index (κ3) is 5.60. The molecule has 0 radical (unpaired) electrons. The SMILES string of the molecule is CC(C)(C)OC(=O)N1CCN2C(NCc3ccc(N4CCCCCC4)nc3)=NCC2C1. The highest BCUT2D eigenvalue weighted by atomic mass is 16.6. The van der Waals surface area contributed by atoms with Gasteiger partial charge < -0.3 is 24.8 Å². The Morgan fingerprint density at radius 1 is 1.13 bits per heavy atom. The largest absolute Gasteiger partial charge is 0.444 e. The molecule has 1 aromatic rings. The van der Waals surface area contributed by atoms with Crippen LogP contribution in [0.1, 0.15) is 52.0 Å². The van der Waals surface area contributed by atoms with Crippen LogP contribution in [0.5, 0.6) is 0 Å². The van der Waals surface area contributed by atoms with E-state index in [1.165, 1.54) is 25.7 Å². The molecule has 1 aromatic heterocycles. The molecule has 31 heavy (non-hydrogen) atoms. The molecule has 8 heteroatoms. The molecule has 2 fully saturated rings. The molecule has 1 amide bonds. The van der Waals surface area contributed by atoms with Gasteiger partial charge in [0.2, 0.25) is 0 Å². The predicted octanol–water partition coefficient (Wildman–Crippen LogP) is 2.84. The molecule has 1 atom stereocenters. The molecule has 4 heterocycles. The molecule has 3 aliphatic heterocycles. The van der Waals surface area contributed by atoms with Crippen molar-refractivity contribution in [1.29, 1.82) is 0 Å². The summed E-state index contributed by atoms with van der Waals surface area (Å²) in [6, 6.07) is 4.52. The van der Waals surface area contributed by atoms with Crippen LogP contribution in [0.2, 0.25) is 0 Å². The number of carbonyl (C=O) groups excluding carboxylic acids is 1. The van der Waals surface area contributed by atoms with Crippen LogP contribution in [0.3, 0.4) is 0 Å². The lowest BCUT2D eigenvalue weighted by atomic mass is 10.2. The van der Waals surface area contributed by atoms with Crippen molar-refractivity contribution in [2.75, 3.05) is 44.2 Å². The molecule has 0 bridgehead atoms. The number of hydrogen-bond acceptors (Lipinski definition) is 7. The number of anilines is 1. The highest BCUT2D eigenvalue weighted by Gasteiger charge is 2.36. The van der Waals surface area contributed by atoms with E-state index in [0.717, 1.165) is 37.0 Å². The fraction of sp³-hybridized carbons (Fsp3) is 0.696. The van der Waals surface area contributed by atoms with Gasteiger partial charge in [-0.25, -0.2) is 9.78 Å². The van der Waals surface area contributed by atoms with E-state index >= 15 is 0 Å². The van der Waals surface area contributed by atoms with Crippen LogP contribution in [-0.4, -0.2) is 77.7 Å². The van der Waals surface area contributed by atoms with E-state index in [4.69, 9.17) is 9.72 Å². The fourth-order valence-electron chi connectivity index (χ4n) is 4.41. The van der Waals surface area contributed by atoms with Crippen LogP contribution in [0.25, 0.3) is 0 Å². The van der Waals surface area contributed by atoms with Gasteiger partial charge in [-0.15, -0.1) is 0 Å². The number of rotatable bonds is 3. The number of ether oxygens (including phenoxy) is 1. The van der Waals surface area contributed by atoms with Gasteiger partial charge in [0, 0.05) is 45.5 Å². The molecule has 4 rings (SSSR count). The number of fused-ring (bicyclic) bond motifs is 1. The van der Waals surface area contributed by atoms with E-state index in [0.29, 0.717) is 26.2 Å². The molecular formula is C23H36N6O2. The van der Waals surface area contributed by atoms with Crippen molar-refractivity contribution in [2.45, 2.75) is 64.6 Å². The molecule has 3 aliphatic rings. The molecule has 0 aliphatic carbocycles. The second-order valence-corrected chi connectivity index (χ2v) is 9.72. The Morgan fingerprint density at radius 3 is 2.58 bits per heavy atom. The molecule has 1 N–H and O–H groups in total. The van der Waals surface area contributed by atoms with Crippen molar-refractivity contribution >= 4 is 17.9 Å². The topological polar surface area (TPSA) is 73.3 Å². The second kappa shape index (κ2) is 9.32. The number of guanidine groups is 1. The number of carbonyl (C=O) groups is 1. The summed E-state index contributed by atoms with van der Waals surface area (Å²) < 4.78 is 5.52. The highest BCUT2D eigenvalue weighted by Crippen LogP contribution is 2.20. The zero-order valence-corrected chi connectivity index (χ0v) is 19.1.